The minimum atomic E-state index is -2.95. The normalized spacial score (nSPS) is 11.4. The molecule has 0 heterocycles. The monoisotopic (exact) mass is 809 g/mol. The van der Waals surface area contributed by atoms with Crippen LogP contribution in [0.2, 0.25) is 0 Å². The van der Waals surface area contributed by atoms with Gasteiger partial charge in [0.05, 0.1) is 26.4 Å². The summed E-state index contributed by atoms with van der Waals surface area (Å²) in [5.74, 6) is -4.97. The number of unbranched alkanes of at least 4 members (excludes halogenated alkanes) is 32. The van der Waals surface area contributed by atoms with Gasteiger partial charge >= 0.3 is 29.3 Å². The zero-order chi connectivity index (χ0) is 41.9. The van der Waals surface area contributed by atoms with E-state index in [4.69, 9.17) is 18.9 Å². The standard InChI is InChI=1S/C49H92O8/c1-5-9-13-17-21-25-29-33-37-41-54-45(50)49(46(51)55-42-38-34-30-26-22-18-14-10-6-2,47(52)56-43-39-35-31-27-23-19-15-11-7-3)48(53)57-44-40-36-32-28-24-20-16-12-8-4/h5-44H2,1-4H3. The van der Waals surface area contributed by atoms with Crippen molar-refractivity contribution in [2.45, 2.75) is 259 Å². The molecule has 0 aromatic rings. The molecule has 0 unspecified atom stereocenters. The second-order valence-electron chi connectivity index (χ2n) is 16.6. The predicted molar refractivity (Wildman–Crippen MR) is 235 cm³/mol. The molecule has 57 heavy (non-hydrogen) atoms. The van der Waals surface area contributed by atoms with E-state index in [2.05, 4.69) is 27.7 Å². The fourth-order valence-electron chi connectivity index (χ4n) is 7.24. The number of carbonyl (C=O) groups is 4. The number of hydrogen-bond donors (Lipinski definition) is 0. The fraction of sp³-hybridized carbons (Fsp3) is 0.918. The lowest BCUT2D eigenvalue weighted by Crippen LogP contribution is -2.56. The van der Waals surface area contributed by atoms with Crippen LogP contribution in [0.25, 0.3) is 0 Å². The molecule has 0 radical (unpaired) electrons. The molecule has 0 fully saturated rings. The molecule has 0 atom stereocenters. The summed E-state index contributed by atoms with van der Waals surface area (Å²) in [5.41, 5.74) is -2.95. The predicted octanol–water partition coefficient (Wildman–Crippen LogP) is 14.3. The first kappa shape index (κ1) is 54.9. The van der Waals surface area contributed by atoms with Gasteiger partial charge in [0.25, 0.3) is 0 Å². The molecule has 0 aliphatic heterocycles. The van der Waals surface area contributed by atoms with Crippen LogP contribution in [0.1, 0.15) is 259 Å². The highest BCUT2D eigenvalue weighted by molar-refractivity contribution is 6.32. The highest BCUT2D eigenvalue weighted by Gasteiger charge is 2.65. The number of carbonyl (C=O) groups excluding carboxylic acids is 4. The van der Waals surface area contributed by atoms with Gasteiger partial charge in [0.15, 0.2) is 0 Å². The lowest BCUT2D eigenvalue weighted by Gasteiger charge is -2.26. The van der Waals surface area contributed by atoms with Crippen LogP contribution >= 0.6 is 0 Å². The first-order chi connectivity index (χ1) is 27.9. The summed E-state index contributed by atoms with van der Waals surface area (Å²) in [6.07, 6.45) is 38.9. The van der Waals surface area contributed by atoms with E-state index in [1.807, 2.05) is 0 Å². The zero-order valence-corrected chi connectivity index (χ0v) is 38.1. The lowest BCUT2D eigenvalue weighted by atomic mass is 9.88. The van der Waals surface area contributed by atoms with Crippen molar-refractivity contribution in [3.05, 3.63) is 0 Å². The van der Waals surface area contributed by atoms with Crippen LogP contribution < -0.4 is 0 Å². The van der Waals surface area contributed by atoms with Gasteiger partial charge in [-0.2, -0.15) is 0 Å². The van der Waals surface area contributed by atoms with Crippen molar-refractivity contribution in [3.8, 4) is 0 Å². The number of hydrogen-bond acceptors (Lipinski definition) is 8. The summed E-state index contributed by atoms with van der Waals surface area (Å²) in [6, 6.07) is 0. The topological polar surface area (TPSA) is 105 Å². The van der Waals surface area contributed by atoms with Crippen LogP contribution in [-0.2, 0) is 38.1 Å². The van der Waals surface area contributed by atoms with Crippen LogP contribution in [0.4, 0.5) is 0 Å². The van der Waals surface area contributed by atoms with Crippen LogP contribution in [0, 0.1) is 5.41 Å². The Morgan fingerprint density at radius 2 is 0.386 bits per heavy atom. The maximum absolute atomic E-state index is 13.9. The molecule has 0 aromatic heterocycles. The van der Waals surface area contributed by atoms with Gasteiger partial charge in [0.1, 0.15) is 0 Å². The van der Waals surface area contributed by atoms with Crippen molar-refractivity contribution in [2.75, 3.05) is 26.4 Å². The Balaban J connectivity index is 5.59. The van der Waals surface area contributed by atoms with Gasteiger partial charge in [-0.05, 0) is 25.7 Å². The summed E-state index contributed by atoms with van der Waals surface area (Å²) in [7, 11) is 0. The zero-order valence-electron chi connectivity index (χ0n) is 38.1. The van der Waals surface area contributed by atoms with Gasteiger partial charge in [0, 0.05) is 0 Å². The van der Waals surface area contributed by atoms with E-state index >= 15 is 0 Å². The van der Waals surface area contributed by atoms with Crippen molar-refractivity contribution in [3.63, 3.8) is 0 Å². The van der Waals surface area contributed by atoms with Gasteiger partial charge in [-0.15, -0.1) is 0 Å². The second kappa shape index (κ2) is 42.0. The fourth-order valence-corrected chi connectivity index (χ4v) is 7.24. The minimum absolute atomic E-state index is 0.000966. The maximum atomic E-state index is 13.9. The van der Waals surface area contributed by atoms with Gasteiger partial charge in [-0.25, -0.2) is 19.2 Å². The average molecular weight is 809 g/mol. The quantitative estimate of drug-likeness (QED) is 0.0259. The Kier molecular flexibility index (Phi) is 40.5. The third-order valence-corrected chi connectivity index (χ3v) is 11.1. The van der Waals surface area contributed by atoms with E-state index in [1.165, 1.54) is 128 Å². The molecule has 0 amide bonds. The van der Waals surface area contributed by atoms with Crippen molar-refractivity contribution >= 4 is 23.9 Å². The highest BCUT2D eigenvalue weighted by Crippen LogP contribution is 2.28. The van der Waals surface area contributed by atoms with Gasteiger partial charge in [-0.1, -0.05) is 233 Å². The van der Waals surface area contributed by atoms with Crippen LogP contribution in [0.5, 0.6) is 0 Å². The average Bonchev–Trinajstić information content (AvgIpc) is 3.21. The van der Waals surface area contributed by atoms with E-state index in [0.717, 1.165) is 77.0 Å². The van der Waals surface area contributed by atoms with Crippen molar-refractivity contribution < 1.29 is 38.1 Å². The van der Waals surface area contributed by atoms with Gasteiger partial charge in [0.2, 0.25) is 0 Å². The molecule has 0 rings (SSSR count). The number of rotatable bonds is 44. The Morgan fingerprint density at radius 3 is 0.544 bits per heavy atom. The second-order valence-corrected chi connectivity index (χ2v) is 16.6. The molecule has 0 aliphatic carbocycles. The SMILES string of the molecule is CCCCCCCCCCCOC(=O)C(C(=O)OCCCCCCCCCCC)(C(=O)OCCCCCCCCCCC)C(=O)OCCCCCCCCCCC. The Hall–Kier alpha value is -2.12. The van der Waals surface area contributed by atoms with E-state index in [9.17, 15) is 19.2 Å². The van der Waals surface area contributed by atoms with E-state index < -0.39 is 29.3 Å². The van der Waals surface area contributed by atoms with Crippen LogP contribution in [0.15, 0.2) is 0 Å². The maximum Gasteiger partial charge on any atom is 0.355 e. The molecular formula is C49H92O8. The molecule has 0 N–H and O–H groups in total. The molecule has 0 bridgehead atoms. The summed E-state index contributed by atoms with van der Waals surface area (Å²) < 4.78 is 22.4. The van der Waals surface area contributed by atoms with Crippen LogP contribution in [-0.4, -0.2) is 50.3 Å². The summed E-state index contributed by atoms with van der Waals surface area (Å²) in [4.78, 5) is 55.8. The third-order valence-electron chi connectivity index (χ3n) is 11.1. The smallest absolute Gasteiger partial charge is 0.355 e. The Bertz CT molecular complexity index is 785. The van der Waals surface area contributed by atoms with E-state index in [0.29, 0.717) is 25.7 Å². The Labute approximate surface area is 351 Å². The van der Waals surface area contributed by atoms with Crippen molar-refractivity contribution in [1.29, 1.82) is 0 Å². The molecule has 0 aliphatic rings. The van der Waals surface area contributed by atoms with Crippen molar-refractivity contribution in [2.24, 2.45) is 5.41 Å². The largest absolute Gasteiger partial charge is 0.464 e. The first-order valence-corrected chi connectivity index (χ1v) is 24.6. The molecule has 0 saturated heterocycles. The van der Waals surface area contributed by atoms with E-state index in [1.54, 1.807) is 0 Å². The number of ether oxygens (including phenoxy) is 4. The minimum Gasteiger partial charge on any atom is -0.464 e. The Morgan fingerprint density at radius 1 is 0.246 bits per heavy atom. The summed E-state index contributed by atoms with van der Waals surface area (Å²) in [6.45, 7) is 8.84. The molecule has 0 spiro atoms. The molecular weight excluding hydrogens is 717 g/mol. The summed E-state index contributed by atoms with van der Waals surface area (Å²) >= 11 is 0. The first-order valence-electron chi connectivity index (χ1n) is 24.6. The molecule has 0 saturated carbocycles. The third kappa shape index (κ3) is 29.7. The van der Waals surface area contributed by atoms with E-state index in [-0.39, 0.29) is 26.4 Å². The summed E-state index contributed by atoms with van der Waals surface area (Å²) in [5, 5.41) is 0. The highest BCUT2D eigenvalue weighted by atomic mass is 16.6. The van der Waals surface area contributed by atoms with Gasteiger partial charge < -0.3 is 18.9 Å². The molecule has 8 heteroatoms. The molecule has 0 aromatic carbocycles. The van der Waals surface area contributed by atoms with Crippen molar-refractivity contribution in [1.82, 2.24) is 0 Å². The number of esters is 4. The lowest BCUT2D eigenvalue weighted by molar-refractivity contribution is -0.193. The molecule has 336 valence electrons. The van der Waals surface area contributed by atoms with Gasteiger partial charge in [-0.3, -0.25) is 0 Å². The molecule has 8 nitrogen and oxygen atoms in total. The van der Waals surface area contributed by atoms with Crippen LogP contribution in [0.3, 0.4) is 0 Å².